The van der Waals surface area contributed by atoms with Crippen LogP contribution in [-0.4, -0.2) is 38.2 Å². The Morgan fingerprint density at radius 1 is 1.19 bits per heavy atom. The van der Waals surface area contributed by atoms with Crippen LogP contribution in [0.1, 0.15) is 5.56 Å². The van der Waals surface area contributed by atoms with Crippen molar-refractivity contribution in [2.45, 2.75) is 6.92 Å². The first-order valence-corrected chi connectivity index (χ1v) is 6.86. The minimum absolute atomic E-state index is 0.0680. The molecule has 0 unspecified atom stereocenters. The summed E-state index contributed by atoms with van der Waals surface area (Å²) >= 11 is 0. The molecule has 0 spiro atoms. The van der Waals surface area contributed by atoms with E-state index < -0.39 is 9.84 Å². The van der Waals surface area contributed by atoms with Crippen LogP contribution in [0.2, 0.25) is 0 Å². The molecule has 0 saturated heterocycles. The van der Waals surface area contributed by atoms with Crippen LogP contribution in [-0.2, 0) is 9.84 Å². The van der Waals surface area contributed by atoms with Crippen LogP contribution in [0, 0.1) is 6.92 Å². The first kappa shape index (κ1) is 13.0. The fourth-order valence-corrected chi connectivity index (χ4v) is 1.98. The van der Waals surface area contributed by atoms with E-state index >= 15 is 0 Å². The number of sulfone groups is 1. The van der Waals surface area contributed by atoms with Crippen LogP contribution in [0.15, 0.2) is 24.3 Å². The smallest absolute Gasteiger partial charge is 0.155 e. The van der Waals surface area contributed by atoms with Crippen molar-refractivity contribution in [3.05, 3.63) is 29.8 Å². The molecule has 1 aromatic carbocycles. The quantitative estimate of drug-likeness (QED) is 0.803. The van der Waals surface area contributed by atoms with Gasteiger partial charge in [0.15, 0.2) is 9.84 Å². The molecule has 0 aliphatic carbocycles. The molecule has 0 aromatic heterocycles. The maximum absolute atomic E-state index is 11.2. The highest BCUT2D eigenvalue weighted by Crippen LogP contribution is 2.11. The van der Waals surface area contributed by atoms with E-state index in [0.29, 0.717) is 5.75 Å². The lowest BCUT2D eigenvalue weighted by Gasteiger charge is -2.06. The molecular formula is C11H16O4S. The van der Waals surface area contributed by atoms with Gasteiger partial charge in [0.1, 0.15) is 12.4 Å². The van der Waals surface area contributed by atoms with Gasteiger partial charge in [0, 0.05) is 0 Å². The molecule has 16 heavy (non-hydrogen) atoms. The zero-order chi connectivity index (χ0) is 12.0. The molecule has 0 atom stereocenters. The Morgan fingerprint density at radius 2 is 1.81 bits per heavy atom. The number of rotatable bonds is 6. The van der Waals surface area contributed by atoms with Crippen molar-refractivity contribution in [1.29, 1.82) is 0 Å². The molecule has 0 aliphatic heterocycles. The van der Waals surface area contributed by atoms with Crippen molar-refractivity contribution in [3.63, 3.8) is 0 Å². The molecule has 4 nitrogen and oxygen atoms in total. The molecule has 90 valence electrons. The highest BCUT2D eigenvalue weighted by Gasteiger charge is 2.09. The van der Waals surface area contributed by atoms with Gasteiger partial charge in [-0.1, -0.05) is 17.7 Å². The topological polar surface area (TPSA) is 63.6 Å². The van der Waals surface area contributed by atoms with E-state index in [0.717, 1.165) is 5.56 Å². The Balaban J connectivity index is 2.39. The third kappa shape index (κ3) is 4.63. The van der Waals surface area contributed by atoms with Gasteiger partial charge >= 0.3 is 0 Å². The Hall–Kier alpha value is -1.07. The van der Waals surface area contributed by atoms with Gasteiger partial charge in [-0.2, -0.15) is 0 Å². The summed E-state index contributed by atoms with van der Waals surface area (Å²) in [6.45, 7) is 1.74. The number of hydrogen-bond donors (Lipinski definition) is 1. The summed E-state index contributed by atoms with van der Waals surface area (Å²) in [5.74, 6) is 0.385. The van der Waals surface area contributed by atoms with E-state index in [-0.39, 0.29) is 24.7 Å². The van der Waals surface area contributed by atoms with E-state index in [1.807, 2.05) is 19.1 Å². The molecule has 1 N–H and O–H groups in total. The number of benzene rings is 1. The third-order valence-electron chi connectivity index (χ3n) is 2.09. The van der Waals surface area contributed by atoms with E-state index in [2.05, 4.69) is 0 Å². The Kier molecular flexibility index (Phi) is 4.76. The fourth-order valence-electron chi connectivity index (χ4n) is 1.16. The summed E-state index contributed by atoms with van der Waals surface area (Å²) in [5, 5.41) is 8.53. The van der Waals surface area contributed by atoms with Gasteiger partial charge in [-0.3, -0.25) is 0 Å². The standard InChI is InChI=1S/C11H16O4S/c1-10-2-4-11(5-3-10)15-7-9-16(13,14)8-6-12/h2-5,12H,6-9H2,1H3. The normalized spacial score (nSPS) is 11.4. The first-order chi connectivity index (χ1) is 7.53. The average Bonchev–Trinajstić information content (AvgIpc) is 2.20. The SMILES string of the molecule is Cc1ccc(OCCS(=O)(=O)CCO)cc1. The number of aliphatic hydroxyl groups is 1. The Labute approximate surface area is 95.8 Å². The van der Waals surface area contributed by atoms with Crippen molar-refractivity contribution in [2.75, 3.05) is 24.7 Å². The summed E-state index contributed by atoms with van der Waals surface area (Å²) in [4.78, 5) is 0. The first-order valence-electron chi connectivity index (χ1n) is 5.04. The van der Waals surface area contributed by atoms with E-state index in [1.54, 1.807) is 12.1 Å². The monoisotopic (exact) mass is 244 g/mol. The molecule has 1 aromatic rings. The summed E-state index contributed by atoms with van der Waals surface area (Å²) in [5.41, 5.74) is 1.13. The number of aryl methyl sites for hydroxylation is 1. The van der Waals surface area contributed by atoms with Crippen LogP contribution in [0.3, 0.4) is 0 Å². The molecule has 5 heteroatoms. The van der Waals surface area contributed by atoms with Crippen LogP contribution < -0.4 is 4.74 Å². The zero-order valence-electron chi connectivity index (χ0n) is 9.22. The Bertz CT molecular complexity index is 408. The van der Waals surface area contributed by atoms with Crippen LogP contribution in [0.5, 0.6) is 5.75 Å². The van der Waals surface area contributed by atoms with Gasteiger partial charge in [0.2, 0.25) is 0 Å². The van der Waals surface area contributed by atoms with E-state index in [9.17, 15) is 8.42 Å². The molecule has 0 radical (unpaired) electrons. The van der Waals surface area contributed by atoms with Gasteiger partial charge in [0.25, 0.3) is 0 Å². The predicted octanol–water partition coefficient (Wildman–Crippen LogP) is 0.781. The molecule has 1 rings (SSSR count). The van der Waals surface area contributed by atoms with Crippen LogP contribution >= 0.6 is 0 Å². The van der Waals surface area contributed by atoms with Crippen molar-refractivity contribution in [2.24, 2.45) is 0 Å². The molecule has 0 aliphatic rings. The second-order valence-corrected chi connectivity index (χ2v) is 5.84. The molecular weight excluding hydrogens is 228 g/mol. The minimum atomic E-state index is -3.18. The maximum Gasteiger partial charge on any atom is 0.155 e. The number of aliphatic hydroxyl groups excluding tert-OH is 1. The van der Waals surface area contributed by atoms with Gasteiger partial charge in [-0.25, -0.2) is 8.42 Å². The summed E-state index contributed by atoms with van der Waals surface area (Å²) in [7, 11) is -3.18. The largest absolute Gasteiger partial charge is 0.493 e. The third-order valence-corrected chi connectivity index (χ3v) is 3.68. The van der Waals surface area contributed by atoms with Gasteiger partial charge < -0.3 is 9.84 Å². The van der Waals surface area contributed by atoms with Gasteiger partial charge in [0.05, 0.1) is 18.1 Å². The summed E-state index contributed by atoms with van der Waals surface area (Å²) in [6.07, 6.45) is 0. The summed E-state index contributed by atoms with van der Waals surface area (Å²) in [6, 6.07) is 7.40. The van der Waals surface area contributed by atoms with Crippen LogP contribution in [0.4, 0.5) is 0 Å². The Morgan fingerprint density at radius 3 is 2.38 bits per heavy atom. The zero-order valence-corrected chi connectivity index (χ0v) is 10.0. The van der Waals surface area contributed by atoms with Gasteiger partial charge in [-0.15, -0.1) is 0 Å². The fraction of sp³-hybridized carbons (Fsp3) is 0.455. The number of hydrogen-bond acceptors (Lipinski definition) is 4. The minimum Gasteiger partial charge on any atom is -0.493 e. The van der Waals surface area contributed by atoms with Crippen molar-refractivity contribution in [3.8, 4) is 5.75 Å². The van der Waals surface area contributed by atoms with Gasteiger partial charge in [-0.05, 0) is 19.1 Å². The van der Waals surface area contributed by atoms with E-state index in [1.165, 1.54) is 0 Å². The highest BCUT2D eigenvalue weighted by atomic mass is 32.2. The van der Waals surface area contributed by atoms with Crippen molar-refractivity contribution < 1.29 is 18.3 Å². The lowest BCUT2D eigenvalue weighted by Crippen LogP contribution is -2.18. The molecule has 0 bridgehead atoms. The maximum atomic E-state index is 11.2. The van der Waals surface area contributed by atoms with Crippen LogP contribution in [0.25, 0.3) is 0 Å². The number of ether oxygens (including phenoxy) is 1. The van der Waals surface area contributed by atoms with E-state index in [4.69, 9.17) is 9.84 Å². The molecule has 0 fully saturated rings. The second-order valence-electron chi connectivity index (χ2n) is 3.54. The van der Waals surface area contributed by atoms with Crippen molar-refractivity contribution >= 4 is 9.84 Å². The predicted molar refractivity (Wildman–Crippen MR) is 62.4 cm³/mol. The average molecular weight is 244 g/mol. The molecule has 0 heterocycles. The molecule has 0 amide bonds. The summed E-state index contributed by atoms with van der Waals surface area (Å²) < 4.78 is 27.8. The highest BCUT2D eigenvalue weighted by molar-refractivity contribution is 7.91. The molecule has 0 saturated carbocycles. The lowest BCUT2D eigenvalue weighted by atomic mass is 10.2. The van der Waals surface area contributed by atoms with Crippen molar-refractivity contribution in [1.82, 2.24) is 0 Å². The lowest BCUT2D eigenvalue weighted by molar-refractivity contribution is 0.317. The second kappa shape index (κ2) is 5.86.